The smallest absolute Gasteiger partial charge is 0.335 e. The lowest BCUT2D eigenvalue weighted by Crippen LogP contribution is -2.47. The van der Waals surface area contributed by atoms with E-state index in [1.807, 2.05) is 35.2 Å². The number of pyridine rings is 1. The van der Waals surface area contributed by atoms with Gasteiger partial charge in [-0.05, 0) is 42.8 Å². The summed E-state index contributed by atoms with van der Waals surface area (Å²) in [6.45, 7) is 3.44. The molecule has 2 heterocycles. The molecule has 0 atom stereocenters. The van der Waals surface area contributed by atoms with Gasteiger partial charge in [-0.2, -0.15) is 0 Å². The number of amides is 1. The number of piperazine rings is 1. The lowest BCUT2D eigenvalue weighted by molar-refractivity contribution is -0.132. The van der Waals surface area contributed by atoms with Crippen LogP contribution in [0.25, 0.3) is 22.0 Å². The molecule has 1 amide bonds. The van der Waals surface area contributed by atoms with Gasteiger partial charge in [0.2, 0.25) is 5.91 Å². The van der Waals surface area contributed by atoms with Crippen LogP contribution in [0.5, 0.6) is 0 Å². The van der Waals surface area contributed by atoms with Crippen LogP contribution in [-0.2, 0) is 11.2 Å². The summed E-state index contributed by atoms with van der Waals surface area (Å²) in [4.78, 5) is 32.5. The first-order valence-corrected chi connectivity index (χ1v) is 10.2. The van der Waals surface area contributed by atoms with Crippen molar-refractivity contribution < 1.29 is 14.7 Å². The molecule has 0 spiro atoms. The van der Waals surface area contributed by atoms with Crippen LogP contribution in [0.4, 0.5) is 0 Å². The summed E-state index contributed by atoms with van der Waals surface area (Å²) < 4.78 is 0. The van der Waals surface area contributed by atoms with Crippen LogP contribution in [-0.4, -0.2) is 65.0 Å². The Kier molecular flexibility index (Phi) is 5.77. The zero-order valence-corrected chi connectivity index (χ0v) is 17.0. The van der Waals surface area contributed by atoms with Gasteiger partial charge in [0, 0.05) is 49.7 Å². The maximum atomic E-state index is 12.6. The molecule has 2 aromatic carbocycles. The minimum Gasteiger partial charge on any atom is -0.478 e. The Morgan fingerprint density at radius 1 is 1.00 bits per heavy atom. The third-order valence-electron chi connectivity index (χ3n) is 5.77. The fraction of sp³-hybridized carbons (Fsp3) is 0.292. The van der Waals surface area contributed by atoms with Gasteiger partial charge in [0.05, 0.1) is 11.1 Å². The molecule has 3 aromatic rings. The van der Waals surface area contributed by atoms with E-state index >= 15 is 0 Å². The lowest BCUT2D eigenvalue weighted by Gasteiger charge is -2.32. The van der Waals surface area contributed by atoms with Crippen molar-refractivity contribution in [3.05, 3.63) is 65.9 Å². The molecule has 4 rings (SSSR count). The number of fused-ring (bicyclic) bond motifs is 1. The summed E-state index contributed by atoms with van der Waals surface area (Å²) in [6, 6.07) is 14.8. The number of likely N-dealkylation sites (N-methyl/N-ethyl adjacent to an activating group) is 1. The number of benzene rings is 2. The minimum atomic E-state index is -0.940. The van der Waals surface area contributed by atoms with E-state index in [2.05, 4.69) is 23.0 Å². The van der Waals surface area contributed by atoms with Gasteiger partial charge >= 0.3 is 5.97 Å². The van der Waals surface area contributed by atoms with Crippen molar-refractivity contribution in [1.29, 1.82) is 0 Å². The molecular formula is C24H25N3O3. The van der Waals surface area contributed by atoms with Crippen molar-refractivity contribution in [3.8, 4) is 11.1 Å². The minimum absolute atomic E-state index is 0.202. The largest absolute Gasteiger partial charge is 0.478 e. The molecule has 0 aliphatic carbocycles. The average Bonchev–Trinajstić information content (AvgIpc) is 2.77. The van der Waals surface area contributed by atoms with Crippen molar-refractivity contribution in [1.82, 2.24) is 14.8 Å². The zero-order valence-electron chi connectivity index (χ0n) is 17.0. The van der Waals surface area contributed by atoms with E-state index in [1.54, 1.807) is 18.3 Å². The van der Waals surface area contributed by atoms with Gasteiger partial charge in [-0.25, -0.2) is 4.79 Å². The Labute approximate surface area is 175 Å². The highest BCUT2D eigenvalue weighted by Crippen LogP contribution is 2.30. The summed E-state index contributed by atoms with van der Waals surface area (Å²) in [5.41, 5.74) is 4.10. The topological polar surface area (TPSA) is 73.7 Å². The third-order valence-corrected chi connectivity index (χ3v) is 5.77. The van der Waals surface area contributed by atoms with Gasteiger partial charge in [0.25, 0.3) is 0 Å². The molecule has 0 unspecified atom stereocenters. The van der Waals surface area contributed by atoms with E-state index in [1.165, 1.54) is 0 Å². The predicted octanol–water partition coefficient (Wildman–Crippen LogP) is 3.31. The average molecular weight is 403 g/mol. The molecule has 1 saturated heterocycles. The van der Waals surface area contributed by atoms with Crippen LogP contribution in [0.15, 0.2) is 54.7 Å². The second kappa shape index (κ2) is 8.63. The molecule has 6 nitrogen and oxygen atoms in total. The maximum Gasteiger partial charge on any atom is 0.335 e. The summed E-state index contributed by atoms with van der Waals surface area (Å²) in [6.07, 6.45) is 2.92. The van der Waals surface area contributed by atoms with E-state index in [4.69, 9.17) is 5.11 Å². The normalized spacial score (nSPS) is 14.8. The molecule has 0 saturated carbocycles. The quantitative estimate of drug-likeness (QED) is 0.708. The molecule has 6 heteroatoms. The molecule has 0 radical (unpaired) electrons. The standard InChI is InChI=1S/C24H25N3O3/c1-26-13-15-27(16-14-26)22(28)11-9-18-8-10-21(23-20(18)3-2-12-25-23)17-4-6-19(7-5-17)24(29)30/h2-8,10,12H,9,11,13-16H2,1H3,(H,29,30). The Balaban J connectivity index is 1.56. The fourth-order valence-corrected chi connectivity index (χ4v) is 3.93. The number of aryl methyl sites for hydroxylation is 1. The first-order valence-electron chi connectivity index (χ1n) is 10.2. The molecule has 1 aliphatic heterocycles. The van der Waals surface area contributed by atoms with Crippen molar-refractivity contribution >= 4 is 22.8 Å². The Morgan fingerprint density at radius 3 is 2.43 bits per heavy atom. The monoisotopic (exact) mass is 403 g/mol. The SMILES string of the molecule is CN1CCN(C(=O)CCc2ccc(-c3ccc(C(=O)O)cc3)c3ncccc23)CC1. The highest BCUT2D eigenvalue weighted by atomic mass is 16.4. The number of carboxylic acid groups (broad SMARTS) is 1. The van der Waals surface area contributed by atoms with Gasteiger partial charge < -0.3 is 14.9 Å². The summed E-state index contributed by atoms with van der Waals surface area (Å²) in [7, 11) is 2.08. The Morgan fingerprint density at radius 2 is 1.73 bits per heavy atom. The van der Waals surface area contributed by atoms with Crippen molar-refractivity contribution in [3.63, 3.8) is 0 Å². The zero-order chi connectivity index (χ0) is 21.1. The molecule has 0 bridgehead atoms. The van der Waals surface area contributed by atoms with Gasteiger partial charge in [-0.1, -0.05) is 30.3 Å². The van der Waals surface area contributed by atoms with Gasteiger partial charge in [-0.15, -0.1) is 0 Å². The predicted molar refractivity (Wildman–Crippen MR) is 117 cm³/mol. The molecule has 1 fully saturated rings. The highest BCUT2D eigenvalue weighted by molar-refractivity contribution is 5.96. The number of carbonyl (C=O) groups is 2. The molecule has 1 aromatic heterocycles. The first kappa shape index (κ1) is 20.0. The number of carboxylic acids is 1. The second-order valence-corrected chi connectivity index (χ2v) is 7.74. The Bertz CT molecular complexity index is 1070. The van der Waals surface area contributed by atoms with Crippen LogP contribution in [0.1, 0.15) is 22.3 Å². The van der Waals surface area contributed by atoms with Crippen molar-refractivity contribution in [2.45, 2.75) is 12.8 Å². The maximum absolute atomic E-state index is 12.6. The van der Waals surface area contributed by atoms with Gasteiger partial charge in [-0.3, -0.25) is 9.78 Å². The van der Waals surface area contributed by atoms with E-state index in [0.717, 1.165) is 53.8 Å². The number of nitrogens with zero attached hydrogens (tertiary/aromatic N) is 3. The molecule has 1 aliphatic rings. The molecule has 154 valence electrons. The third kappa shape index (κ3) is 4.19. The number of aromatic nitrogens is 1. The van der Waals surface area contributed by atoms with Crippen LogP contribution in [0, 0.1) is 0 Å². The van der Waals surface area contributed by atoms with E-state index in [0.29, 0.717) is 12.8 Å². The number of aromatic carboxylic acids is 1. The van der Waals surface area contributed by atoms with E-state index in [9.17, 15) is 9.59 Å². The lowest BCUT2D eigenvalue weighted by atomic mass is 9.96. The van der Waals surface area contributed by atoms with E-state index < -0.39 is 5.97 Å². The summed E-state index contributed by atoms with van der Waals surface area (Å²) in [5.74, 6) is -0.738. The first-order chi connectivity index (χ1) is 14.5. The molecular weight excluding hydrogens is 378 g/mol. The molecule has 1 N–H and O–H groups in total. The fourth-order valence-electron chi connectivity index (χ4n) is 3.93. The second-order valence-electron chi connectivity index (χ2n) is 7.74. The number of hydrogen-bond acceptors (Lipinski definition) is 4. The Hall–Kier alpha value is -3.25. The molecule has 30 heavy (non-hydrogen) atoms. The number of carbonyl (C=O) groups excluding carboxylic acids is 1. The van der Waals surface area contributed by atoms with E-state index in [-0.39, 0.29) is 11.5 Å². The summed E-state index contributed by atoms with van der Waals surface area (Å²) >= 11 is 0. The number of hydrogen-bond donors (Lipinski definition) is 1. The van der Waals surface area contributed by atoms with Crippen LogP contribution >= 0.6 is 0 Å². The van der Waals surface area contributed by atoms with Crippen LogP contribution in [0.2, 0.25) is 0 Å². The van der Waals surface area contributed by atoms with Gasteiger partial charge in [0.15, 0.2) is 0 Å². The highest BCUT2D eigenvalue weighted by Gasteiger charge is 2.19. The summed E-state index contributed by atoms with van der Waals surface area (Å²) in [5, 5.41) is 10.2. The number of rotatable bonds is 5. The van der Waals surface area contributed by atoms with Crippen LogP contribution in [0.3, 0.4) is 0 Å². The van der Waals surface area contributed by atoms with Crippen molar-refractivity contribution in [2.75, 3.05) is 33.2 Å². The van der Waals surface area contributed by atoms with Crippen LogP contribution < -0.4 is 0 Å². The van der Waals surface area contributed by atoms with Gasteiger partial charge in [0.1, 0.15) is 0 Å². The van der Waals surface area contributed by atoms with Crippen molar-refractivity contribution in [2.24, 2.45) is 0 Å².